The van der Waals surface area contributed by atoms with E-state index in [0.29, 0.717) is 11.7 Å². The summed E-state index contributed by atoms with van der Waals surface area (Å²) in [5, 5.41) is 3.40. The molecule has 0 spiro atoms. The molecule has 5 heteroatoms. The van der Waals surface area contributed by atoms with Crippen molar-refractivity contribution in [1.29, 1.82) is 0 Å². The standard InChI is InChI=1S/C13H17ClFNOS/c1-18-8-12(9-5-6-16-7-9)17-11-4-2-3-10(15)13(11)14/h2-4,9,12,16H,5-8H2,1H3/t9?,12-/m0/s1. The summed E-state index contributed by atoms with van der Waals surface area (Å²) in [4.78, 5) is 0. The highest BCUT2D eigenvalue weighted by Crippen LogP contribution is 2.30. The van der Waals surface area contributed by atoms with Gasteiger partial charge in [0.15, 0.2) is 0 Å². The first-order chi connectivity index (χ1) is 8.72. The van der Waals surface area contributed by atoms with Crippen LogP contribution in [0.25, 0.3) is 0 Å². The molecule has 100 valence electrons. The lowest BCUT2D eigenvalue weighted by Gasteiger charge is -2.24. The molecule has 1 aliphatic heterocycles. The maximum Gasteiger partial charge on any atom is 0.145 e. The highest BCUT2D eigenvalue weighted by molar-refractivity contribution is 7.98. The van der Waals surface area contributed by atoms with Crippen molar-refractivity contribution in [3.63, 3.8) is 0 Å². The smallest absolute Gasteiger partial charge is 0.145 e. The molecule has 0 saturated carbocycles. The summed E-state index contributed by atoms with van der Waals surface area (Å²) in [6, 6.07) is 4.69. The predicted molar refractivity (Wildman–Crippen MR) is 75.2 cm³/mol. The topological polar surface area (TPSA) is 21.3 Å². The van der Waals surface area contributed by atoms with E-state index < -0.39 is 5.82 Å². The Morgan fingerprint density at radius 1 is 1.61 bits per heavy atom. The molecule has 0 radical (unpaired) electrons. The second-order valence-electron chi connectivity index (χ2n) is 4.42. The number of benzene rings is 1. The van der Waals surface area contributed by atoms with Crippen molar-refractivity contribution in [1.82, 2.24) is 5.32 Å². The second kappa shape index (κ2) is 6.64. The van der Waals surface area contributed by atoms with Gasteiger partial charge in [0.1, 0.15) is 22.7 Å². The van der Waals surface area contributed by atoms with Crippen molar-refractivity contribution in [3.8, 4) is 5.75 Å². The molecular weight excluding hydrogens is 273 g/mol. The normalized spacial score (nSPS) is 20.9. The lowest BCUT2D eigenvalue weighted by Crippen LogP contribution is -2.31. The molecule has 2 rings (SSSR count). The van der Waals surface area contributed by atoms with Gasteiger partial charge in [-0.3, -0.25) is 0 Å². The Balaban J connectivity index is 2.10. The van der Waals surface area contributed by atoms with Gasteiger partial charge >= 0.3 is 0 Å². The summed E-state index contributed by atoms with van der Waals surface area (Å²) in [5.74, 6) is 1.38. The molecule has 18 heavy (non-hydrogen) atoms. The van der Waals surface area contributed by atoms with E-state index in [1.54, 1.807) is 23.9 Å². The first-order valence-corrected chi connectivity index (χ1v) is 7.80. The molecule has 1 heterocycles. The van der Waals surface area contributed by atoms with Crippen LogP contribution in [-0.2, 0) is 0 Å². The SMILES string of the molecule is CSC[C@H](Oc1cccc(F)c1Cl)C1CCNC1. The van der Waals surface area contributed by atoms with Crippen molar-refractivity contribution in [2.45, 2.75) is 12.5 Å². The molecule has 0 bridgehead atoms. The van der Waals surface area contributed by atoms with Gasteiger partial charge in [0.05, 0.1) is 0 Å². The molecule has 0 aliphatic carbocycles. The number of rotatable bonds is 5. The number of hydrogen-bond donors (Lipinski definition) is 1. The van der Waals surface area contributed by atoms with Crippen LogP contribution in [0.2, 0.25) is 5.02 Å². The van der Waals surface area contributed by atoms with E-state index in [9.17, 15) is 4.39 Å². The van der Waals surface area contributed by atoms with Crippen molar-refractivity contribution in [2.75, 3.05) is 25.1 Å². The van der Waals surface area contributed by atoms with Crippen LogP contribution in [0.1, 0.15) is 6.42 Å². The van der Waals surface area contributed by atoms with Crippen LogP contribution in [0.4, 0.5) is 4.39 Å². The van der Waals surface area contributed by atoms with E-state index in [-0.39, 0.29) is 11.1 Å². The van der Waals surface area contributed by atoms with E-state index in [0.717, 1.165) is 25.3 Å². The van der Waals surface area contributed by atoms with Gasteiger partial charge in [-0.2, -0.15) is 11.8 Å². The van der Waals surface area contributed by atoms with Gasteiger partial charge in [-0.25, -0.2) is 4.39 Å². The monoisotopic (exact) mass is 289 g/mol. The van der Waals surface area contributed by atoms with Gasteiger partial charge in [-0.15, -0.1) is 0 Å². The van der Waals surface area contributed by atoms with Gasteiger partial charge in [-0.05, 0) is 31.4 Å². The zero-order chi connectivity index (χ0) is 13.0. The molecule has 2 nitrogen and oxygen atoms in total. The quantitative estimate of drug-likeness (QED) is 0.899. The maximum absolute atomic E-state index is 13.4. The maximum atomic E-state index is 13.4. The van der Waals surface area contributed by atoms with Crippen LogP contribution in [0.5, 0.6) is 5.75 Å². The van der Waals surface area contributed by atoms with E-state index in [4.69, 9.17) is 16.3 Å². The van der Waals surface area contributed by atoms with Crippen LogP contribution >= 0.6 is 23.4 Å². The molecule has 1 unspecified atom stereocenters. The lowest BCUT2D eigenvalue weighted by molar-refractivity contribution is 0.165. The number of halogens is 2. The minimum atomic E-state index is -0.429. The second-order valence-corrected chi connectivity index (χ2v) is 5.71. The molecule has 1 saturated heterocycles. The Morgan fingerprint density at radius 2 is 2.44 bits per heavy atom. The molecule has 1 aromatic rings. The molecule has 1 fully saturated rings. The van der Waals surface area contributed by atoms with Crippen molar-refractivity contribution >= 4 is 23.4 Å². The molecule has 0 amide bonds. The fraction of sp³-hybridized carbons (Fsp3) is 0.538. The summed E-state index contributed by atoms with van der Waals surface area (Å²) in [5.41, 5.74) is 0. The molecule has 1 aromatic carbocycles. The fourth-order valence-electron chi connectivity index (χ4n) is 2.16. The summed E-state index contributed by atoms with van der Waals surface area (Å²) in [6.45, 7) is 1.98. The molecule has 2 atom stereocenters. The van der Waals surface area contributed by atoms with Crippen LogP contribution in [-0.4, -0.2) is 31.2 Å². The molecule has 1 aliphatic rings. The average molecular weight is 290 g/mol. The number of nitrogens with one attached hydrogen (secondary N) is 1. The fourth-order valence-corrected chi connectivity index (χ4v) is 3.00. The summed E-state index contributed by atoms with van der Waals surface area (Å²) >= 11 is 7.66. The summed E-state index contributed by atoms with van der Waals surface area (Å²) in [7, 11) is 0. The third-order valence-corrected chi connectivity index (χ3v) is 4.18. The Bertz CT molecular complexity index is 399. The van der Waals surface area contributed by atoms with Gasteiger partial charge in [0, 0.05) is 18.2 Å². The Kier molecular flexibility index (Phi) is 5.15. The van der Waals surface area contributed by atoms with Crippen LogP contribution < -0.4 is 10.1 Å². The minimum absolute atomic E-state index is 0.0781. The first kappa shape index (κ1) is 14.0. The van der Waals surface area contributed by atoms with Crippen molar-refractivity contribution < 1.29 is 9.13 Å². The van der Waals surface area contributed by atoms with Gasteiger partial charge in [0.25, 0.3) is 0 Å². The van der Waals surface area contributed by atoms with E-state index in [1.165, 1.54) is 6.07 Å². The van der Waals surface area contributed by atoms with E-state index in [2.05, 4.69) is 5.32 Å². The van der Waals surface area contributed by atoms with E-state index in [1.807, 2.05) is 6.26 Å². The number of hydrogen-bond acceptors (Lipinski definition) is 3. The summed E-state index contributed by atoms with van der Waals surface area (Å²) < 4.78 is 19.3. The molecule has 1 N–H and O–H groups in total. The Labute approximate surface area is 116 Å². The highest BCUT2D eigenvalue weighted by Gasteiger charge is 2.26. The van der Waals surface area contributed by atoms with Crippen LogP contribution in [0.3, 0.4) is 0 Å². The van der Waals surface area contributed by atoms with Crippen molar-refractivity contribution in [3.05, 3.63) is 29.0 Å². The number of thioether (sulfide) groups is 1. The zero-order valence-electron chi connectivity index (χ0n) is 10.3. The summed E-state index contributed by atoms with van der Waals surface area (Å²) in [6.07, 6.45) is 3.22. The molecular formula is C13H17ClFNOS. The number of ether oxygens (including phenoxy) is 1. The third-order valence-electron chi connectivity index (χ3n) is 3.15. The Morgan fingerprint density at radius 3 is 3.11 bits per heavy atom. The van der Waals surface area contributed by atoms with Crippen LogP contribution in [0, 0.1) is 11.7 Å². The first-order valence-electron chi connectivity index (χ1n) is 6.02. The van der Waals surface area contributed by atoms with Gasteiger partial charge < -0.3 is 10.1 Å². The van der Waals surface area contributed by atoms with Gasteiger partial charge in [0.2, 0.25) is 0 Å². The highest BCUT2D eigenvalue weighted by atomic mass is 35.5. The van der Waals surface area contributed by atoms with Gasteiger partial charge in [-0.1, -0.05) is 17.7 Å². The van der Waals surface area contributed by atoms with Crippen molar-refractivity contribution in [2.24, 2.45) is 5.92 Å². The Hall–Kier alpha value is -0.450. The van der Waals surface area contributed by atoms with Crippen LogP contribution in [0.15, 0.2) is 18.2 Å². The lowest BCUT2D eigenvalue weighted by atomic mass is 10.0. The zero-order valence-corrected chi connectivity index (χ0v) is 11.9. The third kappa shape index (κ3) is 3.31. The predicted octanol–water partition coefficient (Wildman–Crippen LogP) is 3.20. The molecule has 0 aromatic heterocycles. The average Bonchev–Trinajstić information content (AvgIpc) is 2.88. The van der Waals surface area contributed by atoms with E-state index >= 15 is 0 Å². The largest absolute Gasteiger partial charge is 0.488 e. The minimum Gasteiger partial charge on any atom is -0.488 e.